The Morgan fingerprint density at radius 2 is 2.30 bits per heavy atom. The van der Waals surface area contributed by atoms with E-state index in [0.29, 0.717) is 11.9 Å². The number of nitrogens with two attached hydrogens (primary N) is 1. The van der Waals surface area contributed by atoms with E-state index >= 15 is 0 Å². The van der Waals surface area contributed by atoms with Gasteiger partial charge in [0, 0.05) is 19.6 Å². The highest BCUT2D eigenvalue weighted by atomic mass is 32.1. The highest BCUT2D eigenvalue weighted by molar-refractivity contribution is 7.11. The molecule has 0 radical (unpaired) electrons. The first kappa shape index (κ1) is 15.4. The van der Waals surface area contributed by atoms with E-state index in [9.17, 15) is 0 Å². The summed E-state index contributed by atoms with van der Waals surface area (Å²) >= 11 is 1.43. The van der Waals surface area contributed by atoms with E-state index in [4.69, 9.17) is 10.5 Å². The molecule has 1 aliphatic heterocycles. The monoisotopic (exact) mass is 298 g/mol. The molecule has 6 heteroatoms. The van der Waals surface area contributed by atoms with Crippen LogP contribution in [0.2, 0.25) is 0 Å². The Morgan fingerprint density at radius 1 is 1.55 bits per heavy atom. The van der Waals surface area contributed by atoms with Crippen LogP contribution < -0.4 is 15.4 Å². The SMILES string of the molecule is CCN1CCCC1CN(C)c1snc(N)c1OC(C)C. The van der Waals surface area contributed by atoms with Gasteiger partial charge in [0.2, 0.25) is 0 Å². The molecule has 0 spiro atoms. The summed E-state index contributed by atoms with van der Waals surface area (Å²) in [5.74, 6) is 1.25. The van der Waals surface area contributed by atoms with E-state index in [0.717, 1.165) is 23.8 Å². The van der Waals surface area contributed by atoms with E-state index in [1.54, 1.807) is 0 Å². The molecule has 2 rings (SSSR count). The van der Waals surface area contributed by atoms with E-state index < -0.39 is 0 Å². The molecule has 0 bridgehead atoms. The fourth-order valence-electron chi connectivity index (χ4n) is 2.79. The molecule has 1 aliphatic rings. The van der Waals surface area contributed by atoms with Crippen LogP contribution in [0.1, 0.15) is 33.6 Å². The van der Waals surface area contributed by atoms with Crippen molar-refractivity contribution in [1.82, 2.24) is 9.27 Å². The Balaban J connectivity index is 2.07. The Hall–Kier alpha value is -1.01. The van der Waals surface area contributed by atoms with Crippen LogP contribution in [0, 0.1) is 0 Å². The third-order valence-corrected chi connectivity index (χ3v) is 4.71. The number of aromatic nitrogens is 1. The Bertz CT molecular complexity index is 435. The molecule has 0 amide bonds. The summed E-state index contributed by atoms with van der Waals surface area (Å²) < 4.78 is 10.1. The summed E-state index contributed by atoms with van der Waals surface area (Å²) in [6.07, 6.45) is 2.68. The fraction of sp³-hybridized carbons (Fsp3) is 0.786. The molecular weight excluding hydrogens is 272 g/mol. The average Bonchev–Trinajstić information content (AvgIpc) is 2.97. The number of hydrogen-bond acceptors (Lipinski definition) is 6. The maximum absolute atomic E-state index is 5.93. The van der Waals surface area contributed by atoms with Crippen molar-refractivity contribution in [1.29, 1.82) is 0 Å². The number of ether oxygens (including phenoxy) is 1. The Kier molecular flexibility index (Phi) is 5.10. The number of likely N-dealkylation sites (N-methyl/N-ethyl adjacent to an activating group) is 2. The van der Waals surface area contributed by atoms with Crippen LogP contribution in [0.3, 0.4) is 0 Å². The second kappa shape index (κ2) is 6.63. The van der Waals surface area contributed by atoms with Crippen molar-refractivity contribution in [3.63, 3.8) is 0 Å². The fourth-order valence-corrected chi connectivity index (χ4v) is 3.51. The minimum atomic E-state index is 0.111. The second-order valence-corrected chi connectivity index (χ2v) is 6.43. The summed E-state index contributed by atoms with van der Waals surface area (Å²) in [4.78, 5) is 4.79. The molecule has 0 aromatic carbocycles. The third kappa shape index (κ3) is 3.35. The number of nitrogens with zero attached hydrogens (tertiary/aromatic N) is 3. The highest BCUT2D eigenvalue weighted by Crippen LogP contribution is 2.38. The molecule has 1 atom stereocenters. The van der Waals surface area contributed by atoms with Gasteiger partial charge < -0.3 is 15.4 Å². The zero-order valence-electron chi connectivity index (χ0n) is 12.9. The number of hydrogen-bond donors (Lipinski definition) is 1. The summed E-state index contributed by atoms with van der Waals surface area (Å²) in [7, 11) is 2.10. The first-order valence-corrected chi connectivity index (χ1v) is 8.17. The average molecular weight is 298 g/mol. The molecule has 1 unspecified atom stereocenters. The number of anilines is 2. The largest absolute Gasteiger partial charge is 0.484 e. The van der Waals surface area contributed by atoms with Gasteiger partial charge >= 0.3 is 0 Å². The third-order valence-electron chi connectivity index (χ3n) is 3.75. The summed E-state index contributed by atoms with van der Waals surface area (Å²) in [5.41, 5.74) is 5.93. The molecule has 1 fully saturated rings. The van der Waals surface area contributed by atoms with Gasteiger partial charge in [-0.05, 0) is 51.3 Å². The van der Waals surface area contributed by atoms with Gasteiger partial charge in [-0.25, -0.2) is 0 Å². The van der Waals surface area contributed by atoms with Gasteiger partial charge in [-0.3, -0.25) is 4.90 Å². The first-order valence-electron chi connectivity index (χ1n) is 7.39. The standard InChI is InChI=1S/C14H26N4OS/c1-5-18-8-6-7-11(18)9-17(4)14-12(19-10(2)3)13(15)16-20-14/h10-11H,5-9H2,1-4H3,(H2,15,16). The zero-order chi connectivity index (χ0) is 14.7. The molecule has 1 aromatic rings. The van der Waals surface area contributed by atoms with Crippen LogP contribution in [0.5, 0.6) is 5.75 Å². The molecule has 5 nitrogen and oxygen atoms in total. The van der Waals surface area contributed by atoms with Crippen molar-refractivity contribution < 1.29 is 4.74 Å². The lowest BCUT2D eigenvalue weighted by molar-refractivity contribution is 0.243. The summed E-state index contributed by atoms with van der Waals surface area (Å²) in [6.45, 7) is 9.60. The van der Waals surface area contributed by atoms with Gasteiger partial charge in [0.05, 0.1) is 6.10 Å². The van der Waals surface area contributed by atoms with Gasteiger partial charge in [-0.1, -0.05) is 6.92 Å². The highest BCUT2D eigenvalue weighted by Gasteiger charge is 2.26. The topological polar surface area (TPSA) is 54.6 Å². The van der Waals surface area contributed by atoms with Gasteiger partial charge in [0.15, 0.2) is 16.6 Å². The normalized spacial score (nSPS) is 19.8. The van der Waals surface area contributed by atoms with Gasteiger partial charge in [-0.2, -0.15) is 4.37 Å². The van der Waals surface area contributed by atoms with Crippen LogP contribution in [0.4, 0.5) is 10.8 Å². The van der Waals surface area contributed by atoms with Crippen LogP contribution >= 0.6 is 11.5 Å². The lowest BCUT2D eigenvalue weighted by Gasteiger charge is -2.28. The number of rotatable bonds is 6. The van der Waals surface area contributed by atoms with Crippen LogP contribution in [0.25, 0.3) is 0 Å². The molecule has 1 aromatic heterocycles. The predicted octanol–water partition coefficient (Wildman–Crippen LogP) is 2.43. The van der Waals surface area contributed by atoms with Crippen LogP contribution in [0.15, 0.2) is 0 Å². The molecule has 2 heterocycles. The van der Waals surface area contributed by atoms with E-state index in [-0.39, 0.29) is 6.10 Å². The minimum absolute atomic E-state index is 0.111. The quantitative estimate of drug-likeness (QED) is 0.874. The van der Waals surface area contributed by atoms with Crippen molar-refractivity contribution in [2.75, 3.05) is 37.3 Å². The van der Waals surface area contributed by atoms with E-state index in [2.05, 4.69) is 28.1 Å². The lowest BCUT2D eigenvalue weighted by atomic mass is 10.2. The van der Waals surface area contributed by atoms with Gasteiger partial charge in [0.25, 0.3) is 0 Å². The van der Waals surface area contributed by atoms with E-state index in [1.165, 1.54) is 30.9 Å². The van der Waals surface area contributed by atoms with Crippen LogP contribution in [-0.2, 0) is 0 Å². The second-order valence-electron chi connectivity index (χ2n) is 5.67. The van der Waals surface area contributed by atoms with Gasteiger partial charge in [0.1, 0.15) is 0 Å². The lowest BCUT2D eigenvalue weighted by Crippen LogP contribution is -2.38. The number of nitrogen functional groups attached to an aromatic ring is 1. The Morgan fingerprint density at radius 3 is 2.95 bits per heavy atom. The molecule has 0 aliphatic carbocycles. The molecular formula is C14H26N4OS. The predicted molar refractivity (Wildman–Crippen MR) is 85.8 cm³/mol. The molecule has 114 valence electrons. The first-order chi connectivity index (χ1) is 9.52. The van der Waals surface area contributed by atoms with Crippen molar-refractivity contribution in [2.24, 2.45) is 0 Å². The smallest absolute Gasteiger partial charge is 0.198 e. The van der Waals surface area contributed by atoms with Crippen molar-refractivity contribution in [2.45, 2.75) is 45.8 Å². The summed E-state index contributed by atoms with van der Waals surface area (Å²) in [6, 6.07) is 0.625. The van der Waals surface area contributed by atoms with Crippen LogP contribution in [-0.4, -0.2) is 48.1 Å². The van der Waals surface area contributed by atoms with Crippen molar-refractivity contribution >= 4 is 22.4 Å². The zero-order valence-corrected chi connectivity index (χ0v) is 13.7. The molecule has 0 saturated carbocycles. The number of likely N-dealkylation sites (tertiary alicyclic amines) is 1. The molecule has 1 saturated heterocycles. The minimum Gasteiger partial charge on any atom is -0.484 e. The Labute approximate surface area is 125 Å². The maximum Gasteiger partial charge on any atom is 0.198 e. The molecule has 2 N–H and O–H groups in total. The van der Waals surface area contributed by atoms with Gasteiger partial charge in [-0.15, -0.1) is 0 Å². The van der Waals surface area contributed by atoms with E-state index in [1.807, 2.05) is 13.8 Å². The van der Waals surface area contributed by atoms with Crippen molar-refractivity contribution in [3.05, 3.63) is 0 Å². The maximum atomic E-state index is 5.93. The molecule has 20 heavy (non-hydrogen) atoms. The summed E-state index contributed by atoms with van der Waals surface area (Å²) in [5, 5.41) is 1.04. The van der Waals surface area contributed by atoms with Crippen molar-refractivity contribution in [3.8, 4) is 5.75 Å².